The number of hydrogen-bond acceptors (Lipinski definition) is 8. The minimum absolute atomic E-state index is 0.0747. The summed E-state index contributed by atoms with van der Waals surface area (Å²) in [4.78, 5) is 23.8. The number of fused-ring (bicyclic) bond motifs is 1. The molecule has 5 rings (SSSR count). The summed E-state index contributed by atoms with van der Waals surface area (Å²) in [5, 5.41) is 3.97. The van der Waals surface area contributed by atoms with Gasteiger partial charge < -0.3 is 19.5 Å². The van der Waals surface area contributed by atoms with E-state index in [4.69, 9.17) is 14.2 Å². The van der Waals surface area contributed by atoms with Crippen molar-refractivity contribution in [3.63, 3.8) is 0 Å². The Balaban J connectivity index is 1.27. The summed E-state index contributed by atoms with van der Waals surface area (Å²) in [5.41, 5.74) is 0.776. The number of rotatable bonds is 11. The first-order valence-corrected chi connectivity index (χ1v) is 13.8. The van der Waals surface area contributed by atoms with Crippen molar-refractivity contribution in [3.05, 3.63) is 89.8 Å². The SMILES string of the molecule is COc1cc2ncnc(Nc3ccc(C(=O)/C=C/c4ccccc4C(F)(F)F)cc3)c2cc1OCCCN1CCOCC1. The smallest absolute Gasteiger partial charge is 0.416 e. The molecule has 0 radical (unpaired) electrons. The summed E-state index contributed by atoms with van der Waals surface area (Å²) < 4.78 is 56.8. The molecule has 1 fully saturated rings. The molecule has 1 aliphatic heterocycles. The predicted octanol–water partition coefficient (Wildman–Crippen LogP) is 6.40. The number of ether oxygens (including phenoxy) is 3. The van der Waals surface area contributed by atoms with Gasteiger partial charge in [-0.1, -0.05) is 24.3 Å². The predicted molar refractivity (Wildman–Crippen MR) is 158 cm³/mol. The number of aromatic nitrogens is 2. The highest BCUT2D eigenvalue weighted by Gasteiger charge is 2.32. The van der Waals surface area contributed by atoms with Crippen LogP contribution >= 0.6 is 0 Å². The fourth-order valence-electron chi connectivity index (χ4n) is 4.75. The highest BCUT2D eigenvalue weighted by molar-refractivity contribution is 6.07. The van der Waals surface area contributed by atoms with Gasteiger partial charge in [0.15, 0.2) is 17.3 Å². The molecule has 224 valence electrons. The fraction of sp³-hybridized carbons (Fsp3) is 0.281. The maximum Gasteiger partial charge on any atom is 0.416 e. The van der Waals surface area contributed by atoms with Crippen molar-refractivity contribution in [1.82, 2.24) is 14.9 Å². The second kappa shape index (κ2) is 13.7. The molecule has 1 aliphatic rings. The van der Waals surface area contributed by atoms with Gasteiger partial charge in [-0.05, 0) is 54.5 Å². The van der Waals surface area contributed by atoms with Gasteiger partial charge in [0.2, 0.25) is 0 Å². The molecule has 0 amide bonds. The maximum absolute atomic E-state index is 13.3. The van der Waals surface area contributed by atoms with Gasteiger partial charge in [0.25, 0.3) is 0 Å². The molecule has 2 heterocycles. The third-order valence-electron chi connectivity index (χ3n) is 7.01. The molecule has 11 heteroatoms. The molecule has 8 nitrogen and oxygen atoms in total. The third-order valence-corrected chi connectivity index (χ3v) is 7.01. The lowest BCUT2D eigenvalue weighted by Crippen LogP contribution is -2.37. The largest absolute Gasteiger partial charge is 0.493 e. The average Bonchev–Trinajstić information content (AvgIpc) is 3.02. The van der Waals surface area contributed by atoms with E-state index in [9.17, 15) is 18.0 Å². The Morgan fingerprint density at radius 1 is 1.05 bits per heavy atom. The van der Waals surface area contributed by atoms with Gasteiger partial charge in [-0.25, -0.2) is 9.97 Å². The summed E-state index contributed by atoms with van der Waals surface area (Å²) in [6, 6.07) is 15.3. The quantitative estimate of drug-likeness (QED) is 0.122. The van der Waals surface area contributed by atoms with Crippen molar-refractivity contribution < 1.29 is 32.2 Å². The lowest BCUT2D eigenvalue weighted by atomic mass is 10.0. The molecule has 43 heavy (non-hydrogen) atoms. The minimum atomic E-state index is -4.51. The standard InChI is InChI=1S/C32H31F3N4O4/c1-41-29-20-27-25(19-30(29)43-16-4-13-39-14-17-42-18-15-39)31(37-21-36-27)38-24-10-7-23(8-11-24)28(40)12-9-22-5-2-3-6-26(22)32(33,34)35/h2-3,5-12,19-21H,4,13-18H2,1H3,(H,36,37,38)/b12-9+. The van der Waals surface area contributed by atoms with E-state index in [-0.39, 0.29) is 5.56 Å². The Morgan fingerprint density at radius 3 is 2.56 bits per heavy atom. The molecule has 1 N–H and O–H groups in total. The van der Waals surface area contributed by atoms with Crippen LogP contribution in [0.2, 0.25) is 0 Å². The number of benzene rings is 3. The van der Waals surface area contributed by atoms with Crippen LogP contribution in [0, 0.1) is 0 Å². The number of ketones is 1. The van der Waals surface area contributed by atoms with Crippen LogP contribution in [0.25, 0.3) is 17.0 Å². The van der Waals surface area contributed by atoms with Crippen molar-refractivity contribution >= 4 is 34.3 Å². The number of methoxy groups -OCH3 is 1. The Morgan fingerprint density at radius 2 is 1.81 bits per heavy atom. The number of halogens is 3. The monoisotopic (exact) mass is 592 g/mol. The number of alkyl halides is 3. The van der Waals surface area contributed by atoms with Crippen LogP contribution < -0.4 is 14.8 Å². The highest BCUT2D eigenvalue weighted by atomic mass is 19.4. The first kappa shape index (κ1) is 30.0. The lowest BCUT2D eigenvalue weighted by Gasteiger charge is -2.26. The lowest BCUT2D eigenvalue weighted by molar-refractivity contribution is -0.137. The molecule has 3 aromatic carbocycles. The van der Waals surface area contributed by atoms with E-state index in [0.717, 1.165) is 56.8 Å². The van der Waals surface area contributed by atoms with Crippen LogP contribution in [0.3, 0.4) is 0 Å². The van der Waals surface area contributed by atoms with Crippen molar-refractivity contribution in [2.24, 2.45) is 0 Å². The normalized spacial score (nSPS) is 14.2. The summed E-state index contributed by atoms with van der Waals surface area (Å²) in [5.74, 6) is 1.26. The Kier molecular flexibility index (Phi) is 9.53. The van der Waals surface area contributed by atoms with Crippen LogP contribution in [0.5, 0.6) is 11.5 Å². The molecular weight excluding hydrogens is 561 g/mol. The van der Waals surface area contributed by atoms with Crippen molar-refractivity contribution in [1.29, 1.82) is 0 Å². The Bertz CT molecular complexity index is 1590. The van der Waals surface area contributed by atoms with Crippen LogP contribution in [0.15, 0.2) is 73.1 Å². The molecule has 0 aliphatic carbocycles. The highest BCUT2D eigenvalue weighted by Crippen LogP contribution is 2.35. The van der Waals surface area contributed by atoms with E-state index in [0.29, 0.717) is 40.7 Å². The summed E-state index contributed by atoms with van der Waals surface area (Å²) in [6.07, 6.45) is 0.104. The van der Waals surface area contributed by atoms with Gasteiger partial charge in [0.05, 0.1) is 38.0 Å². The first-order valence-electron chi connectivity index (χ1n) is 13.8. The van der Waals surface area contributed by atoms with Gasteiger partial charge in [0, 0.05) is 42.3 Å². The maximum atomic E-state index is 13.3. The van der Waals surface area contributed by atoms with Crippen LogP contribution in [0.1, 0.15) is 27.9 Å². The zero-order valence-electron chi connectivity index (χ0n) is 23.6. The summed E-state index contributed by atoms with van der Waals surface area (Å²) in [7, 11) is 1.58. The van der Waals surface area contributed by atoms with E-state index in [1.54, 1.807) is 37.4 Å². The van der Waals surface area contributed by atoms with E-state index in [2.05, 4.69) is 20.2 Å². The number of anilines is 2. The number of nitrogens with zero attached hydrogens (tertiary/aromatic N) is 3. The van der Waals surface area contributed by atoms with Gasteiger partial charge >= 0.3 is 6.18 Å². The number of allylic oxidation sites excluding steroid dienone is 1. The second-order valence-corrected chi connectivity index (χ2v) is 9.88. The molecule has 0 saturated carbocycles. The topological polar surface area (TPSA) is 85.8 Å². The van der Waals surface area contributed by atoms with Gasteiger partial charge in [-0.3, -0.25) is 9.69 Å². The number of hydrogen-bond donors (Lipinski definition) is 1. The fourth-order valence-corrected chi connectivity index (χ4v) is 4.75. The number of carbonyl (C=O) groups excluding carboxylic acids is 1. The molecule has 0 spiro atoms. The third kappa shape index (κ3) is 7.68. The summed E-state index contributed by atoms with van der Waals surface area (Å²) >= 11 is 0. The second-order valence-electron chi connectivity index (χ2n) is 9.88. The zero-order chi connectivity index (χ0) is 30.2. The minimum Gasteiger partial charge on any atom is -0.493 e. The van der Waals surface area contributed by atoms with E-state index in [1.165, 1.54) is 30.6 Å². The molecule has 0 unspecified atom stereocenters. The number of nitrogens with one attached hydrogen (secondary N) is 1. The zero-order valence-corrected chi connectivity index (χ0v) is 23.6. The van der Waals surface area contributed by atoms with E-state index in [1.807, 2.05) is 6.07 Å². The molecule has 4 aromatic rings. The molecule has 1 aromatic heterocycles. The Labute approximate surface area is 247 Å². The van der Waals surface area contributed by atoms with Crippen molar-refractivity contribution in [2.75, 3.05) is 51.9 Å². The molecule has 0 atom stereocenters. The van der Waals surface area contributed by atoms with E-state index >= 15 is 0 Å². The van der Waals surface area contributed by atoms with Crippen molar-refractivity contribution in [3.8, 4) is 11.5 Å². The molecular formula is C32H31F3N4O4. The van der Waals surface area contributed by atoms with Crippen LogP contribution in [0.4, 0.5) is 24.7 Å². The van der Waals surface area contributed by atoms with Crippen molar-refractivity contribution in [2.45, 2.75) is 12.6 Å². The van der Waals surface area contributed by atoms with Crippen LogP contribution in [-0.2, 0) is 10.9 Å². The average molecular weight is 593 g/mol. The van der Waals surface area contributed by atoms with E-state index < -0.39 is 17.5 Å². The molecule has 0 bridgehead atoms. The van der Waals surface area contributed by atoms with Gasteiger partial charge in [-0.15, -0.1) is 0 Å². The first-order chi connectivity index (χ1) is 20.8. The molecule has 1 saturated heterocycles. The number of carbonyl (C=O) groups is 1. The van der Waals surface area contributed by atoms with Crippen LogP contribution in [-0.4, -0.2) is 67.2 Å². The number of morpholine rings is 1. The summed E-state index contributed by atoms with van der Waals surface area (Å²) in [6.45, 7) is 4.80. The van der Waals surface area contributed by atoms with Gasteiger partial charge in [0.1, 0.15) is 12.1 Å². The van der Waals surface area contributed by atoms with Gasteiger partial charge in [-0.2, -0.15) is 13.2 Å². The Hall–Kier alpha value is -4.48.